The highest BCUT2D eigenvalue weighted by atomic mass is 16.5. The molecule has 0 atom stereocenters. The molecule has 2 aromatic carbocycles. The first-order valence-electron chi connectivity index (χ1n) is 7.73. The highest BCUT2D eigenvalue weighted by Gasteiger charge is 2.16. The van der Waals surface area contributed by atoms with Gasteiger partial charge in [-0.3, -0.25) is 0 Å². The van der Waals surface area contributed by atoms with Crippen LogP contribution in [-0.2, 0) is 4.79 Å². The molecule has 0 bridgehead atoms. The van der Waals surface area contributed by atoms with Gasteiger partial charge in [-0.2, -0.15) is 0 Å². The molecule has 0 unspecified atom stereocenters. The summed E-state index contributed by atoms with van der Waals surface area (Å²) in [5.74, 6) is 0.406. The topological polar surface area (TPSA) is 65.0 Å². The van der Waals surface area contributed by atoms with Crippen LogP contribution < -0.4 is 14.2 Å². The zero-order valence-corrected chi connectivity index (χ0v) is 15.0. The summed E-state index contributed by atoms with van der Waals surface area (Å²) in [5.41, 5.74) is 3.50. The Bertz CT molecular complexity index is 796. The second kappa shape index (κ2) is 7.75. The number of aliphatic carboxylic acids is 1. The highest BCUT2D eigenvalue weighted by Crippen LogP contribution is 2.39. The average Bonchev–Trinajstić information content (AvgIpc) is 2.59. The van der Waals surface area contributed by atoms with E-state index in [4.69, 9.17) is 14.2 Å². The van der Waals surface area contributed by atoms with Crippen molar-refractivity contribution in [2.24, 2.45) is 0 Å². The number of benzene rings is 2. The van der Waals surface area contributed by atoms with E-state index in [1.54, 1.807) is 18.2 Å². The van der Waals surface area contributed by atoms with Crippen molar-refractivity contribution in [3.8, 4) is 17.2 Å². The van der Waals surface area contributed by atoms with Gasteiger partial charge in [-0.15, -0.1) is 0 Å². The normalized spacial score (nSPS) is 11.2. The van der Waals surface area contributed by atoms with Crippen molar-refractivity contribution in [3.05, 3.63) is 52.6 Å². The predicted molar refractivity (Wildman–Crippen MR) is 97.5 cm³/mol. The molecule has 2 aromatic rings. The Kier molecular flexibility index (Phi) is 5.70. The Morgan fingerprint density at radius 1 is 0.960 bits per heavy atom. The van der Waals surface area contributed by atoms with Crippen LogP contribution in [0.5, 0.6) is 17.2 Å². The van der Waals surface area contributed by atoms with E-state index >= 15 is 0 Å². The number of rotatable bonds is 6. The lowest BCUT2D eigenvalue weighted by Crippen LogP contribution is -2.02. The van der Waals surface area contributed by atoms with E-state index in [2.05, 4.69) is 0 Å². The zero-order valence-electron chi connectivity index (χ0n) is 15.0. The van der Waals surface area contributed by atoms with Gasteiger partial charge in [0.2, 0.25) is 5.75 Å². The van der Waals surface area contributed by atoms with Gasteiger partial charge in [0.1, 0.15) is 0 Å². The number of carbonyl (C=O) groups is 1. The first-order valence-corrected chi connectivity index (χ1v) is 7.73. The Morgan fingerprint density at radius 2 is 1.56 bits per heavy atom. The zero-order chi connectivity index (χ0) is 18.6. The quantitative estimate of drug-likeness (QED) is 0.636. The van der Waals surface area contributed by atoms with Gasteiger partial charge in [0.15, 0.2) is 11.5 Å². The standard InChI is InChI=1S/C20H22O5/c1-12-6-7-15(13(2)8-12)16(20(21)22)9-14-10-17(23-3)19(25-5)18(11-14)24-4/h6-11H,1-5H3,(H,21,22)/b16-9-. The minimum absolute atomic E-state index is 0.201. The molecule has 0 saturated heterocycles. The van der Waals surface area contributed by atoms with Crippen molar-refractivity contribution in [2.45, 2.75) is 13.8 Å². The molecule has 0 aliphatic heterocycles. The van der Waals surface area contributed by atoms with E-state index in [0.29, 0.717) is 28.4 Å². The van der Waals surface area contributed by atoms with Crippen LogP contribution in [0, 0.1) is 13.8 Å². The van der Waals surface area contributed by atoms with Crippen LogP contribution in [0.3, 0.4) is 0 Å². The summed E-state index contributed by atoms with van der Waals surface area (Å²) >= 11 is 0. The SMILES string of the molecule is COc1cc(/C=C(\C(=O)O)c2ccc(C)cc2C)cc(OC)c1OC. The highest BCUT2D eigenvalue weighted by molar-refractivity contribution is 6.21. The van der Waals surface area contributed by atoms with E-state index in [9.17, 15) is 9.90 Å². The molecule has 0 fully saturated rings. The van der Waals surface area contributed by atoms with E-state index in [0.717, 1.165) is 11.1 Å². The summed E-state index contributed by atoms with van der Waals surface area (Å²) in [6, 6.07) is 9.11. The molecule has 0 spiro atoms. The molecule has 0 amide bonds. The lowest BCUT2D eigenvalue weighted by molar-refractivity contribution is -0.130. The van der Waals surface area contributed by atoms with Crippen LogP contribution in [0.15, 0.2) is 30.3 Å². The lowest BCUT2D eigenvalue weighted by Gasteiger charge is -2.14. The van der Waals surface area contributed by atoms with E-state index in [-0.39, 0.29) is 5.57 Å². The lowest BCUT2D eigenvalue weighted by atomic mass is 9.97. The molecule has 0 heterocycles. The fourth-order valence-corrected chi connectivity index (χ4v) is 2.72. The van der Waals surface area contributed by atoms with Crippen LogP contribution in [0.4, 0.5) is 0 Å². The average molecular weight is 342 g/mol. The molecule has 0 aromatic heterocycles. The molecular weight excluding hydrogens is 320 g/mol. The fourth-order valence-electron chi connectivity index (χ4n) is 2.72. The first kappa shape index (κ1) is 18.4. The second-order valence-electron chi connectivity index (χ2n) is 5.64. The van der Waals surface area contributed by atoms with Crippen LogP contribution in [0.1, 0.15) is 22.3 Å². The summed E-state index contributed by atoms with van der Waals surface area (Å²) in [4.78, 5) is 11.8. The number of hydrogen-bond donors (Lipinski definition) is 1. The maximum Gasteiger partial charge on any atom is 0.336 e. The summed E-state index contributed by atoms with van der Waals surface area (Å²) in [6.45, 7) is 3.87. The van der Waals surface area contributed by atoms with Gasteiger partial charge in [0.05, 0.1) is 26.9 Å². The van der Waals surface area contributed by atoms with Crippen molar-refractivity contribution in [1.82, 2.24) is 0 Å². The Balaban J connectivity index is 2.63. The van der Waals surface area contributed by atoms with E-state index in [1.165, 1.54) is 21.3 Å². The summed E-state index contributed by atoms with van der Waals surface area (Å²) in [5, 5.41) is 9.68. The molecule has 2 rings (SSSR count). The predicted octanol–water partition coefficient (Wildman–Crippen LogP) is 3.95. The third-order valence-electron chi connectivity index (χ3n) is 3.90. The van der Waals surface area contributed by atoms with Crippen LogP contribution in [0.25, 0.3) is 11.6 Å². The Morgan fingerprint density at radius 3 is 2.00 bits per heavy atom. The van der Waals surface area contributed by atoms with Gasteiger partial charge >= 0.3 is 5.97 Å². The monoisotopic (exact) mass is 342 g/mol. The summed E-state index contributed by atoms with van der Waals surface area (Å²) in [6.07, 6.45) is 1.60. The molecule has 0 saturated carbocycles. The van der Waals surface area contributed by atoms with Crippen LogP contribution >= 0.6 is 0 Å². The molecule has 0 aliphatic rings. The largest absolute Gasteiger partial charge is 0.493 e. The number of hydrogen-bond acceptors (Lipinski definition) is 4. The summed E-state index contributed by atoms with van der Waals surface area (Å²) in [7, 11) is 4.56. The molecule has 25 heavy (non-hydrogen) atoms. The molecular formula is C20H22O5. The maximum absolute atomic E-state index is 11.8. The van der Waals surface area contributed by atoms with Crippen LogP contribution in [-0.4, -0.2) is 32.4 Å². The van der Waals surface area contributed by atoms with Gasteiger partial charge in [-0.1, -0.05) is 23.8 Å². The smallest absolute Gasteiger partial charge is 0.336 e. The molecule has 0 radical (unpaired) electrons. The number of aryl methyl sites for hydroxylation is 2. The maximum atomic E-state index is 11.8. The third kappa shape index (κ3) is 3.94. The molecule has 5 nitrogen and oxygen atoms in total. The van der Waals surface area contributed by atoms with Crippen molar-refractivity contribution in [3.63, 3.8) is 0 Å². The van der Waals surface area contributed by atoms with Crippen molar-refractivity contribution in [2.75, 3.05) is 21.3 Å². The van der Waals surface area contributed by atoms with E-state index < -0.39 is 5.97 Å². The molecule has 1 N–H and O–H groups in total. The van der Waals surface area contributed by atoms with Crippen molar-refractivity contribution < 1.29 is 24.1 Å². The first-order chi connectivity index (χ1) is 11.9. The van der Waals surface area contributed by atoms with Gasteiger partial charge in [0.25, 0.3) is 0 Å². The van der Waals surface area contributed by atoms with Crippen molar-refractivity contribution in [1.29, 1.82) is 0 Å². The number of ether oxygens (including phenoxy) is 3. The van der Waals surface area contributed by atoms with Gasteiger partial charge in [-0.05, 0) is 48.7 Å². The number of methoxy groups -OCH3 is 3. The second-order valence-corrected chi connectivity index (χ2v) is 5.64. The van der Waals surface area contributed by atoms with E-state index in [1.807, 2.05) is 32.0 Å². The van der Waals surface area contributed by atoms with Gasteiger partial charge in [-0.25, -0.2) is 4.79 Å². The Labute approximate surface area is 147 Å². The van der Waals surface area contributed by atoms with Crippen molar-refractivity contribution >= 4 is 17.6 Å². The fraction of sp³-hybridized carbons (Fsp3) is 0.250. The van der Waals surface area contributed by atoms with Crippen LogP contribution in [0.2, 0.25) is 0 Å². The molecule has 0 aliphatic carbocycles. The molecule has 5 heteroatoms. The minimum Gasteiger partial charge on any atom is -0.493 e. The number of carboxylic acids is 1. The minimum atomic E-state index is -0.999. The Hall–Kier alpha value is -2.95. The number of carboxylic acid groups (broad SMARTS) is 1. The van der Waals surface area contributed by atoms with Gasteiger partial charge < -0.3 is 19.3 Å². The van der Waals surface area contributed by atoms with Gasteiger partial charge in [0, 0.05) is 0 Å². The molecule has 132 valence electrons. The summed E-state index contributed by atoms with van der Waals surface area (Å²) < 4.78 is 15.9. The third-order valence-corrected chi connectivity index (χ3v) is 3.90.